The summed E-state index contributed by atoms with van der Waals surface area (Å²) in [6.45, 7) is 2.03. The summed E-state index contributed by atoms with van der Waals surface area (Å²) in [6, 6.07) is 24.1. The van der Waals surface area contributed by atoms with Gasteiger partial charge < -0.3 is 0 Å². The Labute approximate surface area is 181 Å². The number of sulfonamides is 1. The molecule has 6 heteroatoms. The molecule has 0 unspecified atom stereocenters. The number of anilines is 1. The van der Waals surface area contributed by atoms with Crippen LogP contribution in [0.25, 0.3) is 0 Å². The molecule has 0 aliphatic rings. The van der Waals surface area contributed by atoms with E-state index in [-0.39, 0.29) is 26.4 Å². The summed E-state index contributed by atoms with van der Waals surface area (Å²) in [5.74, 6) is 3.05. The third-order valence-corrected chi connectivity index (χ3v) is 7.83. The van der Waals surface area contributed by atoms with E-state index in [1.54, 1.807) is 36.4 Å². The molecule has 28 heavy (non-hydrogen) atoms. The molecule has 0 aliphatic heterocycles. The van der Waals surface area contributed by atoms with Gasteiger partial charge in [-0.05, 0) is 0 Å². The van der Waals surface area contributed by atoms with Crippen LogP contribution in [0.5, 0.6) is 0 Å². The second kappa shape index (κ2) is 9.45. The van der Waals surface area contributed by atoms with E-state index >= 15 is 0 Å². The van der Waals surface area contributed by atoms with Crippen molar-refractivity contribution in [1.29, 1.82) is 0 Å². The number of halogens is 1. The van der Waals surface area contributed by atoms with Gasteiger partial charge in [0.1, 0.15) is 0 Å². The van der Waals surface area contributed by atoms with E-state index in [0.29, 0.717) is 5.69 Å². The molecule has 0 saturated carbocycles. The second-order valence-electron chi connectivity index (χ2n) is 6.00. The minimum absolute atomic E-state index is 0.0136. The van der Waals surface area contributed by atoms with Gasteiger partial charge in [0.15, 0.2) is 0 Å². The second-order valence-corrected chi connectivity index (χ2v) is 10.6. The van der Waals surface area contributed by atoms with Crippen molar-refractivity contribution in [2.45, 2.75) is 11.8 Å². The summed E-state index contributed by atoms with van der Waals surface area (Å²) < 4.78 is 29.9. The fraction of sp³-hybridized carbons (Fsp3) is 0.0909. The molecule has 0 fully saturated rings. The summed E-state index contributed by atoms with van der Waals surface area (Å²) >= 11 is 3.38. The number of aryl methyl sites for hydroxylation is 1. The molecule has 0 spiro atoms. The quantitative estimate of drug-likeness (QED) is 0.379. The Morgan fingerprint density at radius 1 is 0.929 bits per heavy atom. The van der Waals surface area contributed by atoms with E-state index < -0.39 is 10.0 Å². The van der Waals surface area contributed by atoms with Crippen LogP contribution in [0.1, 0.15) is 5.56 Å². The SMILES string of the molecule is Cc1ccc(S(=O)(=O)N(CC#C[Se]c2ccccc2)c2ccc(Br)cc2)cc1. The maximum absolute atomic E-state index is 13.2. The van der Waals surface area contributed by atoms with Crippen LogP contribution in [0, 0.1) is 17.7 Å². The third-order valence-electron chi connectivity index (χ3n) is 3.93. The van der Waals surface area contributed by atoms with Gasteiger partial charge in [0, 0.05) is 0 Å². The fourth-order valence-corrected chi connectivity index (χ4v) is 5.23. The van der Waals surface area contributed by atoms with Crippen LogP contribution in [-0.4, -0.2) is 29.9 Å². The number of nitrogens with zero attached hydrogens (tertiary/aromatic N) is 1. The average molecular weight is 519 g/mol. The van der Waals surface area contributed by atoms with Crippen LogP contribution in [-0.2, 0) is 10.0 Å². The van der Waals surface area contributed by atoms with Crippen molar-refractivity contribution < 1.29 is 8.42 Å². The van der Waals surface area contributed by atoms with Crippen molar-refractivity contribution in [3.63, 3.8) is 0 Å². The molecule has 0 heterocycles. The van der Waals surface area contributed by atoms with E-state index in [1.165, 1.54) is 8.77 Å². The molecule has 0 bridgehead atoms. The summed E-state index contributed by atoms with van der Waals surface area (Å²) in [5.41, 5.74) is 1.60. The molecule has 142 valence electrons. The first kappa shape index (κ1) is 20.7. The molecule has 0 aliphatic carbocycles. The third kappa shape index (κ3) is 5.27. The number of rotatable bonds is 5. The molecular formula is C22H18BrNO2SSe. The monoisotopic (exact) mass is 519 g/mol. The normalized spacial score (nSPS) is 10.8. The van der Waals surface area contributed by atoms with Gasteiger partial charge in [-0.2, -0.15) is 0 Å². The minimum atomic E-state index is -3.71. The van der Waals surface area contributed by atoms with Gasteiger partial charge in [0.05, 0.1) is 0 Å². The summed E-state index contributed by atoms with van der Waals surface area (Å²) in [7, 11) is -3.71. The molecule has 0 atom stereocenters. The molecule has 0 amide bonds. The summed E-state index contributed by atoms with van der Waals surface area (Å²) in [4.78, 5) is 3.40. The van der Waals surface area contributed by atoms with E-state index in [2.05, 4.69) is 26.7 Å². The van der Waals surface area contributed by atoms with Crippen LogP contribution in [0.2, 0.25) is 0 Å². The fourth-order valence-electron chi connectivity index (χ4n) is 2.45. The summed E-state index contributed by atoms with van der Waals surface area (Å²) in [5, 5.41) is 0. The predicted octanol–water partition coefficient (Wildman–Crippen LogP) is 3.94. The Bertz CT molecular complexity index is 1090. The Balaban J connectivity index is 1.89. The van der Waals surface area contributed by atoms with Crippen LogP contribution < -0.4 is 8.77 Å². The number of benzene rings is 3. The molecule has 3 aromatic carbocycles. The van der Waals surface area contributed by atoms with Crippen LogP contribution in [0.15, 0.2) is 88.2 Å². The molecule has 0 N–H and O–H groups in total. The van der Waals surface area contributed by atoms with Crippen molar-refractivity contribution in [3.8, 4) is 10.7 Å². The zero-order chi connectivity index (χ0) is 20.0. The first-order valence-corrected chi connectivity index (χ1v) is 12.5. The first-order valence-electron chi connectivity index (χ1n) is 8.51. The first-order chi connectivity index (χ1) is 13.5. The van der Waals surface area contributed by atoms with Crippen LogP contribution in [0.3, 0.4) is 0 Å². The van der Waals surface area contributed by atoms with Gasteiger partial charge >= 0.3 is 182 Å². The summed E-state index contributed by atoms with van der Waals surface area (Å²) in [6.07, 6.45) is 0. The Kier molecular flexibility index (Phi) is 6.98. The zero-order valence-corrected chi connectivity index (χ0v) is 19.3. The van der Waals surface area contributed by atoms with Gasteiger partial charge in [0.2, 0.25) is 0 Å². The maximum atomic E-state index is 13.2. The number of hydrogen-bond donors (Lipinski definition) is 0. The van der Waals surface area contributed by atoms with E-state index in [9.17, 15) is 8.42 Å². The van der Waals surface area contributed by atoms with Crippen molar-refractivity contribution in [3.05, 3.63) is 88.9 Å². The topological polar surface area (TPSA) is 37.4 Å². The zero-order valence-electron chi connectivity index (χ0n) is 15.2. The molecule has 0 aromatic heterocycles. The van der Waals surface area contributed by atoms with Gasteiger partial charge in [-0.3, -0.25) is 0 Å². The number of hydrogen-bond acceptors (Lipinski definition) is 2. The van der Waals surface area contributed by atoms with Crippen LogP contribution in [0.4, 0.5) is 5.69 Å². The Morgan fingerprint density at radius 2 is 1.57 bits per heavy atom. The van der Waals surface area contributed by atoms with Gasteiger partial charge in [-0.15, -0.1) is 0 Å². The van der Waals surface area contributed by atoms with Crippen molar-refractivity contribution in [2.75, 3.05) is 10.8 Å². The van der Waals surface area contributed by atoms with E-state index in [1.807, 2.05) is 49.4 Å². The molecule has 3 rings (SSSR count). The van der Waals surface area contributed by atoms with E-state index in [0.717, 1.165) is 10.0 Å². The van der Waals surface area contributed by atoms with Crippen LogP contribution >= 0.6 is 15.9 Å². The van der Waals surface area contributed by atoms with Gasteiger partial charge in [-0.1, -0.05) is 0 Å². The van der Waals surface area contributed by atoms with Gasteiger partial charge in [-0.25, -0.2) is 0 Å². The Morgan fingerprint density at radius 3 is 2.21 bits per heavy atom. The van der Waals surface area contributed by atoms with Gasteiger partial charge in [0.25, 0.3) is 0 Å². The molecular weight excluding hydrogens is 501 g/mol. The molecule has 3 aromatic rings. The van der Waals surface area contributed by atoms with Crippen molar-refractivity contribution >= 4 is 51.1 Å². The predicted molar refractivity (Wildman–Crippen MR) is 119 cm³/mol. The molecule has 3 nitrogen and oxygen atoms in total. The van der Waals surface area contributed by atoms with Crippen molar-refractivity contribution in [2.24, 2.45) is 0 Å². The molecule has 0 radical (unpaired) electrons. The van der Waals surface area contributed by atoms with Crippen molar-refractivity contribution in [1.82, 2.24) is 0 Å². The molecule has 0 saturated heterocycles. The average Bonchev–Trinajstić information content (AvgIpc) is 2.70. The standard InChI is InChI=1S/C22H18BrNO2SSe/c1-18-8-14-21(15-9-18)27(25,26)24(20-12-10-19(23)11-13-20)16-5-17-28-22-6-3-2-4-7-22/h2-4,6-15H,16H2,1H3. The Hall–Kier alpha value is -2.03. The van der Waals surface area contributed by atoms with E-state index in [4.69, 9.17) is 0 Å².